The number of piperazine rings is 1. The number of hydrogen-bond acceptors (Lipinski definition) is 10. The van der Waals surface area contributed by atoms with Crippen LogP contribution in [0.2, 0.25) is 5.02 Å². The van der Waals surface area contributed by atoms with Crippen LogP contribution < -0.4 is 30.3 Å². The minimum Gasteiger partial charge on any atom is -0.493 e. The Kier molecular flexibility index (Phi) is 10.0. The number of aromatic nitrogens is 1. The van der Waals surface area contributed by atoms with Crippen molar-refractivity contribution in [2.24, 2.45) is 10.8 Å². The molecule has 0 bridgehead atoms. The van der Waals surface area contributed by atoms with E-state index >= 15 is 0 Å². The van der Waals surface area contributed by atoms with Gasteiger partial charge in [0.1, 0.15) is 29.7 Å². The molecule has 1 aromatic heterocycles. The smallest absolute Gasteiger partial charge is 0.255 e. The van der Waals surface area contributed by atoms with E-state index in [1.807, 2.05) is 12.1 Å². The number of nitrogens with one attached hydrogen (secondary N) is 3. The molecule has 2 saturated heterocycles. The van der Waals surface area contributed by atoms with Crippen LogP contribution in [0.15, 0.2) is 54.9 Å². The van der Waals surface area contributed by atoms with Crippen LogP contribution in [-0.2, 0) is 16.1 Å². The number of fused-ring (bicyclic) bond motifs is 1. The molecule has 2 atom stereocenters. The topological polar surface area (TPSA) is 166 Å². The van der Waals surface area contributed by atoms with Gasteiger partial charge in [-0.3, -0.25) is 29.5 Å². The van der Waals surface area contributed by atoms with Crippen LogP contribution in [0.3, 0.4) is 0 Å². The Labute approximate surface area is 319 Å². The van der Waals surface area contributed by atoms with Gasteiger partial charge >= 0.3 is 0 Å². The molecule has 3 aromatic rings. The van der Waals surface area contributed by atoms with Crippen molar-refractivity contribution in [2.45, 2.75) is 77.7 Å². The van der Waals surface area contributed by atoms with Crippen molar-refractivity contribution < 1.29 is 28.7 Å². The van der Waals surface area contributed by atoms with E-state index in [9.17, 15) is 24.4 Å². The molecule has 2 aromatic carbocycles. The van der Waals surface area contributed by atoms with Gasteiger partial charge in [0.15, 0.2) is 0 Å². The van der Waals surface area contributed by atoms with E-state index < -0.39 is 22.8 Å². The quantitative estimate of drug-likeness (QED) is 0.255. The second-order valence-corrected chi connectivity index (χ2v) is 16.0. The molecule has 1 aliphatic carbocycles. The van der Waals surface area contributed by atoms with Gasteiger partial charge in [0.05, 0.1) is 35.0 Å². The summed E-state index contributed by atoms with van der Waals surface area (Å²) < 4.78 is 12.7. The van der Waals surface area contributed by atoms with Crippen molar-refractivity contribution in [1.82, 2.24) is 25.8 Å². The Hall–Kier alpha value is -5.19. The monoisotopic (exact) mass is 753 g/mol. The van der Waals surface area contributed by atoms with Crippen LogP contribution in [0.1, 0.15) is 78.8 Å². The van der Waals surface area contributed by atoms with Crippen molar-refractivity contribution in [2.75, 3.05) is 31.1 Å². The molecule has 54 heavy (non-hydrogen) atoms. The zero-order chi connectivity index (χ0) is 38.4. The number of hydrogen-bond donors (Lipinski definition) is 3. The molecular weight excluding hydrogens is 710 g/mol. The molecular formula is C40H44ClN7O6. The number of carbonyl (C=O) groups is 4. The van der Waals surface area contributed by atoms with E-state index in [-0.39, 0.29) is 48.9 Å². The Morgan fingerprint density at radius 3 is 2.65 bits per heavy atom. The number of pyridine rings is 1. The van der Waals surface area contributed by atoms with Gasteiger partial charge in [0.2, 0.25) is 11.8 Å². The lowest BCUT2D eigenvalue weighted by Gasteiger charge is -2.63. The fraction of sp³-hybridized carbons (Fsp3) is 0.450. The van der Waals surface area contributed by atoms with Crippen molar-refractivity contribution in [3.05, 3.63) is 82.1 Å². The van der Waals surface area contributed by atoms with Gasteiger partial charge in [-0.1, -0.05) is 45.4 Å². The van der Waals surface area contributed by atoms with Crippen LogP contribution in [0.25, 0.3) is 0 Å². The number of halogens is 1. The largest absolute Gasteiger partial charge is 0.493 e. The molecule has 4 amide bonds. The lowest BCUT2D eigenvalue weighted by Crippen LogP contribution is -2.74. The van der Waals surface area contributed by atoms with Crippen LogP contribution >= 0.6 is 11.6 Å². The number of imide groups is 1. The summed E-state index contributed by atoms with van der Waals surface area (Å²) in [7, 11) is 0. The molecule has 13 nitrogen and oxygen atoms in total. The van der Waals surface area contributed by atoms with Gasteiger partial charge in [-0.25, -0.2) is 0 Å². The number of piperidine rings is 1. The summed E-state index contributed by atoms with van der Waals surface area (Å²) in [6.45, 7) is 11.0. The van der Waals surface area contributed by atoms with Gasteiger partial charge < -0.3 is 29.9 Å². The standard InChI is InChI=1S/C40H44ClN7O6/c1-39(2)37(40(3,4)38(39)54-25-9-8-23(19-42)29(41)18-25)46-34(50)27-21-43-14-12-30(27)47-16-15-44-20-24(47)13-17-53-32-7-5-6-26-28(32)22-48(36(26)52)31-10-11-33(49)45-35(31)51/h5-9,12,14,18,21,24,31,37-38,44H,10-11,13,15-17,20,22H2,1-4H3,(H,46,50)(H,45,49,51). The number of benzene rings is 2. The molecule has 7 rings (SSSR count). The van der Waals surface area contributed by atoms with E-state index in [1.54, 1.807) is 42.7 Å². The van der Waals surface area contributed by atoms with Crippen molar-refractivity contribution in [3.63, 3.8) is 0 Å². The summed E-state index contributed by atoms with van der Waals surface area (Å²) in [5.41, 5.74) is 2.01. The number of nitriles is 1. The highest BCUT2D eigenvalue weighted by Crippen LogP contribution is 2.55. The summed E-state index contributed by atoms with van der Waals surface area (Å²) in [4.78, 5) is 59.7. The van der Waals surface area contributed by atoms with Gasteiger partial charge in [-0.2, -0.15) is 5.26 Å². The molecule has 282 valence electrons. The minimum absolute atomic E-state index is 0.000302. The van der Waals surface area contributed by atoms with Crippen molar-refractivity contribution in [3.8, 4) is 17.6 Å². The minimum atomic E-state index is -0.700. The maximum absolute atomic E-state index is 14.1. The maximum Gasteiger partial charge on any atom is 0.255 e. The first-order chi connectivity index (χ1) is 25.8. The van der Waals surface area contributed by atoms with E-state index in [4.69, 9.17) is 21.1 Å². The third-order valence-electron chi connectivity index (χ3n) is 11.4. The second kappa shape index (κ2) is 14.6. The normalized spacial score (nSPS) is 24.2. The van der Waals surface area contributed by atoms with Crippen LogP contribution in [0.5, 0.6) is 11.5 Å². The maximum atomic E-state index is 14.1. The number of amides is 4. The van der Waals surface area contributed by atoms with E-state index in [0.717, 1.165) is 17.8 Å². The lowest BCUT2D eigenvalue weighted by atomic mass is 9.49. The Bertz CT molecular complexity index is 2030. The number of anilines is 1. The summed E-state index contributed by atoms with van der Waals surface area (Å²) in [5, 5.41) is 18.7. The van der Waals surface area contributed by atoms with E-state index in [1.165, 1.54) is 4.90 Å². The zero-order valence-electron chi connectivity index (χ0n) is 30.8. The molecule has 4 heterocycles. The average molecular weight is 754 g/mol. The van der Waals surface area contributed by atoms with E-state index in [2.05, 4.69) is 59.6 Å². The van der Waals surface area contributed by atoms with Gasteiger partial charge in [-0.05, 0) is 36.8 Å². The van der Waals surface area contributed by atoms with Gasteiger partial charge in [0.25, 0.3) is 11.8 Å². The highest BCUT2D eigenvalue weighted by Gasteiger charge is 2.64. The number of ether oxygens (including phenoxy) is 2. The molecule has 3 aliphatic heterocycles. The number of nitrogens with zero attached hydrogens (tertiary/aromatic N) is 4. The third-order valence-corrected chi connectivity index (χ3v) is 11.7. The summed E-state index contributed by atoms with van der Waals surface area (Å²) in [6, 6.07) is 13.4. The Balaban J connectivity index is 1.01. The van der Waals surface area contributed by atoms with Crippen molar-refractivity contribution in [1.29, 1.82) is 5.26 Å². The lowest BCUT2D eigenvalue weighted by molar-refractivity contribution is -0.164. The molecule has 1 saturated carbocycles. The van der Waals surface area contributed by atoms with Crippen molar-refractivity contribution >= 4 is 40.9 Å². The number of rotatable bonds is 10. The molecule has 3 N–H and O–H groups in total. The fourth-order valence-electron chi connectivity index (χ4n) is 8.95. The average Bonchev–Trinajstić information content (AvgIpc) is 3.49. The Morgan fingerprint density at radius 2 is 1.91 bits per heavy atom. The predicted molar refractivity (Wildman–Crippen MR) is 200 cm³/mol. The highest BCUT2D eigenvalue weighted by atomic mass is 35.5. The molecule has 2 unspecified atom stereocenters. The predicted octanol–water partition coefficient (Wildman–Crippen LogP) is 4.23. The Morgan fingerprint density at radius 1 is 1.11 bits per heavy atom. The summed E-state index contributed by atoms with van der Waals surface area (Å²) in [5.74, 6) is -0.0873. The molecule has 0 radical (unpaired) electrons. The first-order valence-corrected chi connectivity index (χ1v) is 18.7. The molecule has 3 fully saturated rings. The third kappa shape index (κ3) is 6.73. The summed E-state index contributed by atoms with van der Waals surface area (Å²) >= 11 is 6.28. The van der Waals surface area contributed by atoms with Crippen LogP contribution in [0, 0.1) is 22.2 Å². The van der Waals surface area contributed by atoms with E-state index in [0.29, 0.717) is 65.8 Å². The molecule has 4 aliphatic rings. The molecule has 14 heteroatoms. The highest BCUT2D eigenvalue weighted by molar-refractivity contribution is 6.31. The first kappa shape index (κ1) is 37.1. The van der Waals surface area contributed by atoms with Gasteiger partial charge in [-0.15, -0.1) is 0 Å². The first-order valence-electron chi connectivity index (χ1n) is 18.3. The number of carbonyl (C=O) groups excluding carboxylic acids is 4. The zero-order valence-corrected chi connectivity index (χ0v) is 31.5. The molecule has 0 spiro atoms. The van der Waals surface area contributed by atoms with Crippen LogP contribution in [-0.4, -0.2) is 84.0 Å². The van der Waals surface area contributed by atoms with Crippen LogP contribution in [0.4, 0.5) is 5.69 Å². The SMILES string of the molecule is CC1(C)C(NC(=O)c2cnccc2N2CCNCC2CCOc2cccc3c2CN(C2CCC(=O)NC2=O)C3=O)C(C)(C)C1Oc1ccc(C#N)c(Cl)c1. The second-order valence-electron chi connectivity index (χ2n) is 15.6. The summed E-state index contributed by atoms with van der Waals surface area (Å²) in [6.07, 6.45) is 4.19. The van der Waals surface area contributed by atoms with Gasteiger partial charge in [0, 0.05) is 85.0 Å². The fourth-order valence-corrected chi connectivity index (χ4v) is 9.16.